The summed E-state index contributed by atoms with van der Waals surface area (Å²) >= 11 is 5.90. The molecule has 0 aromatic heterocycles. The molecular formula is C18H20ClNO3S. The van der Waals surface area contributed by atoms with Gasteiger partial charge in [-0.15, -0.1) is 0 Å². The zero-order valence-corrected chi connectivity index (χ0v) is 15.1. The highest BCUT2D eigenvalue weighted by atomic mass is 35.5. The lowest BCUT2D eigenvalue weighted by molar-refractivity contribution is -0.000494. The van der Waals surface area contributed by atoms with Gasteiger partial charge in [0.1, 0.15) is 0 Å². The minimum atomic E-state index is -3.48. The Balaban J connectivity index is 1.72. The Kier molecular flexibility index (Phi) is 5.25. The van der Waals surface area contributed by atoms with E-state index in [-0.39, 0.29) is 6.10 Å². The predicted molar refractivity (Wildman–Crippen MR) is 94.8 cm³/mol. The molecule has 0 radical (unpaired) electrons. The van der Waals surface area contributed by atoms with E-state index < -0.39 is 10.0 Å². The van der Waals surface area contributed by atoms with E-state index in [9.17, 15) is 8.42 Å². The molecule has 1 saturated heterocycles. The van der Waals surface area contributed by atoms with E-state index in [0.29, 0.717) is 36.0 Å². The van der Waals surface area contributed by atoms with Crippen LogP contribution in [0.1, 0.15) is 11.1 Å². The Hall–Kier alpha value is -1.40. The highest BCUT2D eigenvalue weighted by Crippen LogP contribution is 2.21. The van der Waals surface area contributed by atoms with E-state index in [1.165, 1.54) is 4.31 Å². The second-order valence-electron chi connectivity index (χ2n) is 6.00. The lowest BCUT2D eigenvalue weighted by Gasteiger charge is -2.32. The first kappa shape index (κ1) is 17.4. The van der Waals surface area contributed by atoms with Crippen molar-refractivity contribution in [3.63, 3.8) is 0 Å². The van der Waals surface area contributed by atoms with Gasteiger partial charge in [0.25, 0.3) is 0 Å². The second kappa shape index (κ2) is 7.23. The van der Waals surface area contributed by atoms with Gasteiger partial charge >= 0.3 is 0 Å². The smallest absolute Gasteiger partial charge is 0.243 e. The first-order chi connectivity index (χ1) is 11.4. The Morgan fingerprint density at radius 1 is 1.12 bits per heavy atom. The normalized spacial score (nSPS) is 19.3. The van der Waals surface area contributed by atoms with Crippen LogP contribution in [0, 0.1) is 6.92 Å². The van der Waals surface area contributed by atoms with E-state index in [4.69, 9.17) is 16.3 Å². The van der Waals surface area contributed by atoms with Crippen LogP contribution < -0.4 is 0 Å². The highest BCUT2D eigenvalue weighted by molar-refractivity contribution is 7.89. The Morgan fingerprint density at radius 2 is 1.79 bits per heavy atom. The Labute approximate surface area is 148 Å². The summed E-state index contributed by atoms with van der Waals surface area (Å²) in [5.41, 5.74) is 2.12. The van der Waals surface area contributed by atoms with Crippen molar-refractivity contribution in [1.29, 1.82) is 0 Å². The molecule has 24 heavy (non-hydrogen) atoms. The van der Waals surface area contributed by atoms with Crippen LogP contribution in [-0.4, -0.2) is 38.5 Å². The maximum Gasteiger partial charge on any atom is 0.243 e. The largest absolute Gasteiger partial charge is 0.375 e. The third kappa shape index (κ3) is 3.98. The van der Waals surface area contributed by atoms with Gasteiger partial charge in [-0.05, 0) is 43.2 Å². The summed E-state index contributed by atoms with van der Waals surface area (Å²) in [6.07, 6.45) is 0.511. The SMILES string of the molecule is Cc1ccc(S(=O)(=O)N2CCOC(Cc3ccc(Cl)cc3)C2)cc1. The van der Waals surface area contributed by atoms with Gasteiger partial charge in [0.05, 0.1) is 17.6 Å². The van der Waals surface area contributed by atoms with Crippen LogP contribution in [0.25, 0.3) is 0 Å². The third-order valence-corrected chi connectivity index (χ3v) is 6.27. The van der Waals surface area contributed by atoms with Crippen molar-refractivity contribution < 1.29 is 13.2 Å². The maximum absolute atomic E-state index is 12.8. The average molecular weight is 366 g/mol. The van der Waals surface area contributed by atoms with Crippen molar-refractivity contribution in [2.24, 2.45) is 0 Å². The lowest BCUT2D eigenvalue weighted by atomic mass is 10.1. The number of morpholine rings is 1. The fourth-order valence-electron chi connectivity index (χ4n) is 2.78. The number of nitrogens with zero attached hydrogens (tertiary/aromatic N) is 1. The summed E-state index contributed by atoms with van der Waals surface area (Å²) in [6.45, 7) is 3.09. The van der Waals surface area contributed by atoms with Crippen LogP contribution in [0.5, 0.6) is 0 Å². The summed E-state index contributed by atoms with van der Waals surface area (Å²) in [4.78, 5) is 0.334. The average Bonchev–Trinajstić information content (AvgIpc) is 2.58. The molecule has 0 spiro atoms. The summed E-state index contributed by atoms with van der Waals surface area (Å²) in [5, 5.41) is 0.687. The highest BCUT2D eigenvalue weighted by Gasteiger charge is 2.30. The standard InChI is InChI=1S/C18H20ClNO3S/c1-14-2-8-18(9-3-14)24(21,22)20-10-11-23-17(13-20)12-15-4-6-16(19)7-5-15/h2-9,17H,10-13H2,1H3. The predicted octanol–water partition coefficient (Wildman–Crippen LogP) is 3.28. The molecule has 0 bridgehead atoms. The zero-order chi connectivity index (χ0) is 17.2. The number of ether oxygens (including phenoxy) is 1. The van der Waals surface area contributed by atoms with Crippen LogP contribution in [0.3, 0.4) is 0 Å². The summed E-state index contributed by atoms with van der Waals surface area (Å²) in [7, 11) is -3.48. The molecule has 2 aromatic carbocycles. The van der Waals surface area contributed by atoms with Gasteiger partial charge in [0.15, 0.2) is 0 Å². The molecule has 128 valence electrons. The molecule has 0 N–H and O–H groups in total. The zero-order valence-electron chi connectivity index (χ0n) is 13.5. The maximum atomic E-state index is 12.8. The van der Waals surface area contributed by atoms with Crippen molar-refractivity contribution in [2.75, 3.05) is 19.7 Å². The molecule has 1 unspecified atom stereocenters. The van der Waals surface area contributed by atoms with Gasteiger partial charge in [-0.1, -0.05) is 41.4 Å². The summed E-state index contributed by atoms with van der Waals surface area (Å²) in [5.74, 6) is 0. The van der Waals surface area contributed by atoms with E-state index in [1.54, 1.807) is 12.1 Å². The first-order valence-electron chi connectivity index (χ1n) is 7.88. The van der Waals surface area contributed by atoms with E-state index in [0.717, 1.165) is 11.1 Å². The molecule has 4 nitrogen and oxygen atoms in total. The minimum absolute atomic E-state index is 0.153. The van der Waals surface area contributed by atoms with Gasteiger partial charge in [0.2, 0.25) is 10.0 Å². The van der Waals surface area contributed by atoms with Crippen molar-refractivity contribution in [2.45, 2.75) is 24.3 Å². The van der Waals surface area contributed by atoms with Crippen molar-refractivity contribution in [1.82, 2.24) is 4.31 Å². The molecule has 1 heterocycles. The number of rotatable bonds is 4. The van der Waals surface area contributed by atoms with Gasteiger partial charge in [-0.25, -0.2) is 8.42 Å². The summed E-state index contributed by atoms with van der Waals surface area (Å²) < 4.78 is 32.9. The number of benzene rings is 2. The fraction of sp³-hybridized carbons (Fsp3) is 0.333. The number of aryl methyl sites for hydroxylation is 1. The Bertz CT molecular complexity index is 788. The summed E-state index contributed by atoms with van der Waals surface area (Å²) in [6, 6.07) is 14.5. The number of hydrogen-bond donors (Lipinski definition) is 0. The first-order valence-corrected chi connectivity index (χ1v) is 9.70. The van der Waals surface area contributed by atoms with Gasteiger partial charge in [-0.2, -0.15) is 4.31 Å². The van der Waals surface area contributed by atoms with Crippen LogP contribution in [0.15, 0.2) is 53.4 Å². The van der Waals surface area contributed by atoms with Gasteiger partial charge in [0, 0.05) is 18.1 Å². The van der Waals surface area contributed by atoms with Crippen LogP contribution in [0.4, 0.5) is 0 Å². The van der Waals surface area contributed by atoms with Gasteiger partial charge in [-0.3, -0.25) is 0 Å². The molecule has 1 aliphatic rings. The Morgan fingerprint density at radius 3 is 2.46 bits per heavy atom. The quantitative estimate of drug-likeness (QED) is 0.835. The molecular weight excluding hydrogens is 346 g/mol. The molecule has 3 rings (SSSR count). The van der Waals surface area contributed by atoms with Crippen molar-refractivity contribution in [3.8, 4) is 0 Å². The topological polar surface area (TPSA) is 46.6 Å². The molecule has 1 aliphatic heterocycles. The van der Waals surface area contributed by atoms with E-state index >= 15 is 0 Å². The van der Waals surface area contributed by atoms with Crippen LogP contribution in [-0.2, 0) is 21.2 Å². The molecule has 1 atom stereocenters. The molecule has 0 aliphatic carbocycles. The van der Waals surface area contributed by atoms with Crippen molar-refractivity contribution in [3.05, 3.63) is 64.7 Å². The monoisotopic (exact) mass is 365 g/mol. The van der Waals surface area contributed by atoms with Gasteiger partial charge < -0.3 is 4.74 Å². The molecule has 6 heteroatoms. The fourth-order valence-corrected chi connectivity index (χ4v) is 4.36. The van der Waals surface area contributed by atoms with Crippen LogP contribution in [0.2, 0.25) is 5.02 Å². The van der Waals surface area contributed by atoms with E-state index in [2.05, 4.69) is 0 Å². The number of sulfonamides is 1. The minimum Gasteiger partial charge on any atom is -0.375 e. The van der Waals surface area contributed by atoms with E-state index in [1.807, 2.05) is 43.3 Å². The molecule has 0 saturated carbocycles. The molecule has 1 fully saturated rings. The number of halogens is 1. The van der Waals surface area contributed by atoms with Crippen LogP contribution >= 0.6 is 11.6 Å². The number of hydrogen-bond acceptors (Lipinski definition) is 3. The lowest BCUT2D eigenvalue weighted by Crippen LogP contribution is -2.46. The van der Waals surface area contributed by atoms with Crippen molar-refractivity contribution >= 4 is 21.6 Å². The molecule has 0 amide bonds. The molecule has 2 aromatic rings. The second-order valence-corrected chi connectivity index (χ2v) is 8.37. The third-order valence-electron chi connectivity index (χ3n) is 4.14.